The van der Waals surface area contributed by atoms with Crippen LogP contribution in [0.25, 0.3) is 10.9 Å². The summed E-state index contributed by atoms with van der Waals surface area (Å²) in [7, 11) is 0. The molecule has 1 N–H and O–H groups in total. The predicted octanol–water partition coefficient (Wildman–Crippen LogP) is 3.79. The van der Waals surface area contributed by atoms with Crippen LogP contribution in [-0.2, 0) is 6.54 Å². The van der Waals surface area contributed by atoms with Crippen molar-refractivity contribution in [1.82, 2.24) is 4.57 Å². The van der Waals surface area contributed by atoms with Crippen molar-refractivity contribution >= 4 is 28.5 Å². The summed E-state index contributed by atoms with van der Waals surface area (Å²) < 4.78 is 1.84. The van der Waals surface area contributed by atoms with Gasteiger partial charge in [0.15, 0.2) is 0 Å². The fraction of sp³-hybridized carbons (Fsp3) is 0.308. The van der Waals surface area contributed by atoms with E-state index in [1.165, 1.54) is 0 Å². The standard InChI is InChI=1S/C13H14ClNO2/c1-2-3-6-15-11-5-4-10(14)7-9(11)8-12(15)13(16)17/h4-5,7-8H,2-3,6H2,1H3,(H,16,17). The van der Waals surface area contributed by atoms with Crippen molar-refractivity contribution in [3.8, 4) is 0 Å². The van der Waals surface area contributed by atoms with E-state index in [2.05, 4.69) is 6.92 Å². The quantitative estimate of drug-likeness (QED) is 0.898. The minimum atomic E-state index is -0.895. The van der Waals surface area contributed by atoms with Gasteiger partial charge in [0.1, 0.15) is 5.69 Å². The lowest BCUT2D eigenvalue weighted by Gasteiger charge is -2.07. The van der Waals surface area contributed by atoms with Gasteiger partial charge in [-0.1, -0.05) is 24.9 Å². The molecule has 0 atom stereocenters. The highest BCUT2D eigenvalue weighted by molar-refractivity contribution is 6.31. The maximum atomic E-state index is 11.2. The first kappa shape index (κ1) is 12.0. The lowest BCUT2D eigenvalue weighted by molar-refractivity contribution is 0.0685. The minimum Gasteiger partial charge on any atom is -0.477 e. The monoisotopic (exact) mass is 251 g/mol. The zero-order valence-corrected chi connectivity index (χ0v) is 10.4. The van der Waals surface area contributed by atoms with E-state index in [9.17, 15) is 9.90 Å². The minimum absolute atomic E-state index is 0.329. The van der Waals surface area contributed by atoms with Crippen molar-refractivity contribution in [3.63, 3.8) is 0 Å². The maximum Gasteiger partial charge on any atom is 0.352 e. The summed E-state index contributed by atoms with van der Waals surface area (Å²) in [5.74, 6) is -0.895. The van der Waals surface area contributed by atoms with Crippen molar-refractivity contribution in [2.45, 2.75) is 26.3 Å². The largest absolute Gasteiger partial charge is 0.477 e. The van der Waals surface area contributed by atoms with Gasteiger partial charge in [0.05, 0.1) is 0 Å². The van der Waals surface area contributed by atoms with Crippen molar-refractivity contribution < 1.29 is 9.90 Å². The highest BCUT2D eigenvalue weighted by Gasteiger charge is 2.14. The Morgan fingerprint density at radius 1 is 1.41 bits per heavy atom. The second-order valence-corrected chi connectivity index (χ2v) is 4.48. The van der Waals surface area contributed by atoms with Gasteiger partial charge in [-0.15, -0.1) is 0 Å². The Labute approximate surface area is 105 Å². The summed E-state index contributed by atoms with van der Waals surface area (Å²) in [5.41, 5.74) is 1.26. The van der Waals surface area contributed by atoms with Crippen LogP contribution >= 0.6 is 11.6 Å². The molecule has 0 fully saturated rings. The molecule has 0 unspecified atom stereocenters. The molecular formula is C13H14ClNO2. The number of hydrogen-bond donors (Lipinski definition) is 1. The van der Waals surface area contributed by atoms with Crippen LogP contribution in [-0.4, -0.2) is 15.6 Å². The van der Waals surface area contributed by atoms with E-state index in [4.69, 9.17) is 11.6 Å². The Hall–Kier alpha value is -1.48. The van der Waals surface area contributed by atoms with Gasteiger partial charge in [-0.3, -0.25) is 0 Å². The number of hydrogen-bond acceptors (Lipinski definition) is 1. The topological polar surface area (TPSA) is 42.2 Å². The van der Waals surface area contributed by atoms with Crippen molar-refractivity contribution in [1.29, 1.82) is 0 Å². The summed E-state index contributed by atoms with van der Waals surface area (Å²) in [4.78, 5) is 11.2. The molecule has 1 heterocycles. The molecule has 0 amide bonds. The first-order valence-corrected chi connectivity index (χ1v) is 6.03. The third kappa shape index (κ3) is 2.29. The highest BCUT2D eigenvalue weighted by atomic mass is 35.5. The molecule has 1 aromatic carbocycles. The Bertz CT molecular complexity index is 560. The average Bonchev–Trinajstić information content (AvgIpc) is 2.64. The number of aryl methyl sites for hydroxylation is 1. The first-order chi connectivity index (χ1) is 8.13. The molecule has 4 heteroatoms. The molecule has 0 bridgehead atoms. The number of aromatic carboxylic acids is 1. The molecule has 0 radical (unpaired) electrons. The van der Waals surface area contributed by atoms with E-state index >= 15 is 0 Å². The van der Waals surface area contributed by atoms with E-state index in [0.717, 1.165) is 30.3 Å². The summed E-state index contributed by atoms with van der Waals surface area (Å²) in [6, 6.07) is 7.14. The van der Waals surface area contributed by atoms with Crippen LogP contribution in [0.2, 0.25) is 5.02 Å². The van der Waals surface area contributed by atoms with E-state index in [0.29, 0.717) is 10.7 Å². The number of benzene rings is 1. The number of halogens is 1. The van der Waals surface area contributed by atoms with Crippen LogP contribution in [0.1, 0.15) is 30.3 Å². The van der Waals surface area contributed by atoms with Crippen LogP contribution in [0.3, 0.4) is 0 Å². The third-order valence-electron chi connectivity index (χ3n) is 2.82. The van der Waals surface area contributed by atoms with Gasteiger partial charge in [-0.2, -0.15) is 0 Å². The van der Waals surface area contributed by atoms with Crippen molar-refractivity contribution in [3.05, 3.63) is 35.0 Å². The van der Waals surface area contributed by atoms with Gasteiger partial charge >= 0.3 is 5.97 Å². The lowest BCUT2D eigenvalue weighted by atomic mass is 10.2. The molecule has 0 saturated carbocycles. The van der Waals surface area contributed by atoms with Crippen LogP contribution in [0.4, 0.5) is 0 Å². The molecule has 17 heavy (non-hydrogen) atoms. The van der Waals surface area contributed by atoms with Crippen LogP contribution in [0, 0.1) is 0 Å². The number of nitrogens with zero attached hydrogens (tertiary/aromatic N) is 1. The second kappa shape index (κ2) is 4.80. The van der Waals surface area contributed by atoms with Crippen LogP contribution in [0.15, 0.2) is 24.3 Å². The number of aromatic nitrogens is 1. The molecule has 2 rings (SSSR count). The molecule has 0 aliphatic carbocycles. The molecular weight excluding hydrogens is 238 g/mol. The maximum absolute atomic E-state index is 11.2. The fourth-order valence-corrected chi connectivity index (χ4v) is 2.16. The number of rotatable bonds is 4. The Morgan fingerprint density at radius 3 is 2.82 bits per heavy atom. The number of carbonyl (C=O) groups is 1. The summed E-state index contributed by atoms with van der Waals surface area (Å²) in [5, 5.41) is 10.7. The van der Waals surface area contributed by atoms with Crippen LogP contribution < -0.4 is 0 Å². The fourth-order valence-electron chi connectivity index (χ4n) is 1.98. The van der Waals surface area contributed by atoms with Gasteiger partial charge in [-0.05, 0) is 30.7 Å². The zero-order chi connectivity index (χ0) is 12.4. The van der Waals surface area contributed by atoms with Crippen LogP contribution in [0.5, 0.6) is 0 Å². The number of fused-ring (bicyclic) bond motifs is 1. The molecule has 0 aliphatic rings. The predicted molar refractivity (Wildman–Crippen MR) is 68.8 cm³/mol. The van der Waals surface area contributed by atoms with Gasteiger partial charge in [0.2, 0.25) is 0 Å². The SMILES string of the molecule is CCCCn1c(C(=O)O)cc2cc(Cl)ccc21. The molecule has 90 valence electrons. The normalized spacial score (nSPS) is 10.9. The van der Waals surface area contributed by atoms with Crippen molar-refractivity contribution in [2.75, 3.05) is 0 Å². The second-order valence-electron chi connectivity index (χ2n) is 4.04. The van der Waals surface area contributed by atoms with E-state index in [1.54, 1.807) is 18.2 Å². The average molecular weight is 252 g/mol. The lowest BCUT2D eigenvalue weighted by Crippen LogP contribution is -2.08. The number of unbranched alkanes of at least 4 members (excludes halogenated alkanes) is 1. The first-order valence-electron chi connectivity index (χ1n) is 5.65. The van der Waals surface area contributed by atoms with Gasteiger partial charge in [0, 0.05) is 22.5 Å². The Kier molecular flexibility index (Phi) is 3.38. The summed E-state index contributed by atoms with van der Waals surface area (Å²) in [6.45, 7) is 2.81. The van der Waals surface area contributed by atoms with E-state index < -0.39 is 5.97 Å². The molecule has 1 aromatic heterocycles. The number of carboxylic acid groups (broad SMARTS) is 1. The Morgan fingerprint density at radius 2 is 2.18 bits per heavy atom. The van der Waals surface area contributed by atoms with Crippen molar-refractivity contribution in [2.24, 2.45) is 0 Å². The van der Waals surface area contributed by atoms with Gasteiger partial charge < -0.3 is 9.67 Å². The molecule has 0 saturated heterocycles. The highest BCUT2D eigenvalue weighted by Crippen LogP contribution is 2.24. The smallest absolute Gasteiger partial charge is 0.352 e. The van der Waals surface area contributed by atoms with E-state index in [-0.39, 0.29) is 0 Å². The van der Waals surface area contributed by atoms with E-state index in [1.807, 2.05) is 10.6 Å². The zero-order valence-electron chi connectivity index (χ0n) is 9.61. The number of carboxylic acids is 1. The molecule has 0 aliphatic heterocycles. The molecule has 3 nitrogen and oxygen atoms in total. The summed E-state index contributed by atoms with van der Waals surface area (Å²) >= 11 is 5.91. The Balaban J connectivity index is 2.58. The summed E-state index contributed by atoms with van der Waals surface area (Å²) in [6.07, 6.45) is 2.00. The third-order valence-corrected chi connectivity index (χ3v) is 3.05. The molecule has 0 spiro atoms. The van der Waals surface area contributed by atoms with Gasteiger partial charge in [-0.25, -0.2) is 4.79 Å². The molecule has 2 aromatic rings. The van der Waals surface area contributed by atoms with Gasteiger partial charge in [0.25, 0.3) is 0 Å².